The Bertz CT molecular complexity index is 538. The van der Waals surface area contributed by atoms with E-state index in [1.165, 1.54) is 18.2 Å². The maximum Gasteiger partial charge on any atom is 0.149 e. The van der Waals surface area contributed by atoms with Crippen LogP contribution in [0.4, 0.5) is 25.8 Å². The number of nitrogens with one attached hydrogen (secondary N) is 1. The number of para-hydroxylation sites is 1. The lowest BCUT2D eigenvalue weighted by Crippen LogP contribution is -2.00. The molecule has 3 N–H and O–H groups in total. The number of benzene rings is 2. The second-order valence-corrected chi connectivity index (χ2v) is 4.37. The number of hydrogen-bond acceptors (Lipinski definition) is 2. The molecule has 0 fully saturated rings. The zero-order valence-corrected chi connectivity index (χ0v) is 10.3. The van der Waals surface area contributed by atoms with Crippen LogP contribution in [0, 0.1) is 11.6 Å². The first-order chi connectivity index (χ1) is 8.08. The predicted molar refractivity (Wildman–Crippen MR) is 68.2 cm³/mol. The lowest BCUT2D eigenvalue weighted by Gasteiger charge is -2.11. The van der Waals surface area contributed by atoms with Crippen molar-refractivity contribution < 1.29 is 8.78 Å². The molecule has 0 unspecified atom stereocenters. The fourth-order valence-electron chi connectivity index (χ4n) is 1.40. The summed E-state index contributed by atoms with van der Waals surface area (Å²) in [6, 6.07) is 8.70. The normalized spacial score (nSPS) is 10.3. The average molecular weight is 299 g/mol. The molecule has 5 heteroatoms. The molecule has 2 aromatic rings. The summed E-state index contributed by atoms with van der Waals surface area (Å²) < 4.78 is 27.6. The molecule has 88 valence electrons. The number of anilines is 3. The molecule has 0 spiro atoms. The largest absolute Gasteiger partial charge is 0.397 e. The first kappa shape index (κ1) is 11.9. The van der Waals surface area contributed by atoms with Crippen LogP contribution in [0.25, 0.3) is 0 Å². The number of hydrogen-bond donors (Lipinski definition) is 2. The SMILES string of the molecule is Nc1cc(Br)ccc1Nc1c(F)cccc1F. The summed E-state index contributed by atoms with van der Waals surface area (Å²) >= 11 is 3.25. The minimum absolute atomic E-state index is 0.207. The topological polar surface area (TPSA) is 38.0 Å². The molecular weight excluding hydrogens is 290 g/mol. The van der Waals surface area contributed by atoms with Crippen LogP contribution in [0.1, 0.15) is 0 Å². The standard InChI is InChI=1S/C12H9BrF2N2/c13-7-4-5-11(10(16)6-7)17-12-8(14)2-1-3-9(12)15/h1-6,17H,16H2. The Labute approximate surface area is 106 Å². The summed E-state index contributed by atoms with van der Waals surface area (Å²) in [6.07, 6.45) is 0. The molecule has 0 aromatic heterocycles. The van der Waals surface area contributed by atoms with E-state index in [1.807, 2.05) is 0 Å². The highest BCUT2D eigenvalue weighted by atomic mass is 79.9. The first-order valence-electron chi connectivity index (χ1n) is 4.84. The first-order valence-corrected chi connectivity index (χ1v) is 5.63. The fourth-order valence-corrected chi connectivity index (χ4v) is 1.78. The summed E-state index contributed by atoms with van der Waals surface area (Å²) in [7, 11) is 0. The van der Waals surface area contributed by atoms with E-state index in [-0.39, 0.29) is 5.69 Å². The van der Waals surface area contributed by atoms with E-state index in [4.69, 9.17) is 5.73 Å². The van der Waals surface area contributed by atoms with Crippen molar-refractivity contribution in [2.45, 2.75) is 0 Å². The van der Waals surface area contributed by atoms with Crippen LogP contribution >= 0.6 is 15.9 Å². The Hall–Kier alpha value is -1.62. The molecule has 0 saturated carbocycles. The highest BCUT2D eigenvalue weighted by molar-refractivity contribution is 9.10. The van der Waals surface area contributed by atoms with Gasteiger partial charge >= 0.3 is 0 Å². The number of nitrogens with two attached hydrogens (primary N) is 1. The van der Waals surface area contributed by atoms with Gasteiger partial charge < -0.3 is 11.1 Å². The van der Waals surface area contributed by atoms with Crippen LogP contribution in [-0.2, 0) is 0 Å². The van der Waals surface area contributed by atoms with Gasteiger partial charge in [-0.2, -0.15) is 0 Å². The van der Waals surface area contributed by atoms with Crippen LogP contribution in [0.5, 0.6) is 0 Å². The number of nitrogen functional groups attached to an aromatic ring is 1. The van der Waals surface area contributed by atoms with Gasteiger partial charge in [-0.1, -0.05) is 22.0 Å². The molecule has 0 amide bonds. The third-order valence-electron chi connectivity index (χ3n) is 2.24. The number of halogens is 3. The van der Waals surface area contributed by atoms with Crippen LogP contribution in [0.3, 0.4) is 0 Å². The van der Waals surface area contributed by atoms with E-state index in [1.54, 1.807) is 18.2 Å². The van der Waals surface area contributed by atoms with Gasteiger partial charge in [0.15, 0.2) is 0 Å². The monoisotopic (exact) mass is 298 g/mol. The van der Waals surface area contributed by atoms with Gasteiger partial charge in [0.2, 0.25) is 0 Å². The third-order valence-corrected chi connectivity index (χ3v) is 2.73. The van der Waals surface area contributed by atoms with Crippen LogP contribution in [-0.4, -0.2) is 0 Å². The Balaban J connectivity index is 2.38. The van der Waals surface area contributed by atoms with Crippen molar-refractivity contribution in [3.63, 3.8) is 0 Å². The average Bonchev–Trinajstić information content (AvgIpc) is 2.26. The highest BCUT2D eigenvalue weighted by Gasteiger charge is 2.09. The van der Waals surface area contributed by atoms with Crippen molar-refractivity contribution in [2.24, 2.45) is 0 Å². The summed E-state index contributed by atoms with van der Waals surface area (Å²) in [5.41, 5.74) is 6.39. The maximum absolute atomic E-state index is 13.4. The highest BCUT2D eigenvalue weighted by Crippen LogP contribution is 2.28. The van der Waals surface area contributed by atoms with Crippen LogP contribution < -0.4 is 11.1 Å². The zero-order chi connectivity index (χ0) is 12.4. The number of rotatable bonds is 2. The molecule has 0 atom stereocenters. The van der Waals surface area contributed by atoms with Crippen molar-refractivity contribution >= 4 is 33.0 Å². The molecule has 2 nitrogen and oxygen atoms in total. The molecule has 0 aliphatic carbocycles. The molecule has 0 aliphatic heterocycles. The summed E-state index contributed by atoms with van der Waals surface area (Å²) in [6.45, 7) is 0. The van der Waals surface area contributed by atoms with E-state index < -0.39 is 11.6 Å². The van der Waals surface area contributed by atoms with Gasteiger partial charge in [-0.05, 0) is 30.3 Å². The minimum atomic E-state index is -0.660. The van der Waals surface area contributed by atoms with Crippen LogP contribution in [0.2, 0.25) is 0 Å². The second kappa shape index (κ2) is 4.71. The molecule has 0 saturated heterocycles. The van der Waals surface area contributed by atoms with Crippen molar-refractivity contribution in [1.82, 2.24) is 0 Å². The molecule has 0 aliphatic rings. The van der Waals surface area contributed by atoms with Crippen molar-refractivity contribution in [2.75, 3.05) is 11.1 Å². The minimum Gasteiger partial charge on any atom is -0.397 e. The zero-order valence-electron chi connectivity index (χ0n) is 8.68. The van der Waals surface area contributed by atoms with Crippen molar-refractivity contribution in [1.29, 1.82) is 0 Å². The molecule has 0 radical (unpaired) electrons. The molecule has 2 aromatic carbocycles. The van der Waals surface area contributed by atoms with Crippen molar-refractivity contribution in [3.05, 3.63) is 52.5 Å². The van der Waals surface area contributed by atoms with E-state index in [9.17, 15) is 8.78 Å². The lowest BCUT2D eigenvalue weighted by atomic mass is 10.2. The summed E-state index contributed by atoms with van der Waals surface area (Å²) in [5.74, 6) is -1.32. The van der Waals surface area contributed by atoms with Gasteiger partial charge in [0.1, 0.15) is 17.3 Å². The predicted octanol–water partition coefficient (Wildman–Crippen LogP) is 4.05. The van der Waals surface area contributed by atoms with Gasteiger partial charge in [0.25, 0.3) is 0 Å². The quantitative estimate of drug-likeness (QED) is 0.821. The van der Waals surface area contributed by atoms with E-state index in [2.05, 4.69) is 21.2 Å². The fraction of sp³-hybridized carbons (Fsp3) is 0. The second-order valence-electron chi connectivity index (χ2n) is 3.45. The van der Waals surface area contributed by atoms with Crippen LogP contribution in [0.15, 0.2) is 40.9 Å². The Morgan fingerprint density at radius 3 is 2.29 bits per heavy atom. The van der Waals surface area contributed by atoms with Crippen molar-refractivity contribution in [3.8, 4) is 0 Å². The molecule has 17 heavy (non-hydrogen) atoms. The van der Waals surface area contributed by atoms with E-state index in [0.29, 0.717) is 11.4 Å². The molecule has 2 rings (SSSR count). The van der Waals surface area contributed by atoms with Gasteiger partial charge in [-0.25, -0.2) is 8.78 Å². The van der Waals surface area contributed by atoms with E-state index >= 15 is 0 Å². The smallest absolute Gasteiger partial charge is 0.149 e. The summed E-state index contributed by atoms with van der Waals surface area (Å²) in [4.78, 5) is 0. The molecular formula is C12H9BrF2N2. The van der Waals surface area contributed by atoms with Gasteiger partial charge in [0.05, 0.1) is 11.4 Å². The summed E-state index contributed by atoms with van der Waals surface area (Å²) in [5, 5.41) is 2.64. The van der Waals surface area contributed by atoms with Gasteiger partial charge in [-0.15, -0.1) is 0 Å². The van der Waals surface area contributed by atoms with Gasteiger partial charge in [-0.3, -0.25) is 0 Å². The lowest BCUT2D eigenvalue weighted by molar-refractivity contribution is 0.591. The third kappa shape index (κ3) is 2.55. The molecule has 0 bridgehead atoms. The van der Waals surface area contributed by atoms with Gasteiger partial charge in [0, 0.05) is 4.47 Å². The Kier molecular flexibility index (Phi) is 3.28. The Morgan fingerprint density at radius 1 is 1.06 bits per heavy atom. The Morgan fingerprint density at radius 2 is 1.71 bits per heavy atom. The molecule has 0 heterocycles. The van der Waals surface area contributed by atoms with E-state index in [0.717, 1.165) is 4.47 Å². The maximum atomic E-state index is 13.4.